The number of hydrogen-bond donors (Lipinski definition) is 2. The molecule has 0 aromatic heterocycles. The van der Waals surface area contributed by atoms with Gasteiger partial charge in [0.15, 0.2) is 11.5 Å². The van der Waals surface area contributed by atoms with Crippen molar-refractivity contribution in [1.29, 1.82) is 0 Å². The zero-order valence-corrected chi connectivity index (χ0v) is 14.2. The third-order valence-corrected chi connectivity index (χ3v) is 3.61. The molecule has 3 rings (SSSR count). The second kappa shape index (κ2) is 7.90. The predicted molar refractivity (Wildman–Crippen MR) is 100 cm³/mol. The minimum absolute atomic E-state index is 0.0691. The fourth-order valence-electron chi connectivity index (χ4n) is 2.38. The second-order valence-corrected chi connectivity index (χ2v) is 5.26. The van der Waals surface area contributed by atoms with Crippen molar-refractivity contribution in [3.63, 3.8) is 0 Å². The van der Waals surface area contributed by atoms with Gasteiger partial charge in [0.2, 0.25) is 6.79 Å². The normalized spacial score (nSPS) is 12.6. The van der Waals surface area contributed by atoms with Gasteiger partial charge < -0.3 is 20.5 Å². The Labute approximate surface area is 151 Å². The van der Waals surface area contributed by atoms with Crippen LogP contribution in [0.2, 0.25) is 0 Å². The highest BCUT2D eigenvalue weighted by molar-refractivity contribution is 6.47. The van der Waals surface area contributed by atoms with E-state index in [9.17, 15) is 4.79 Å². The van der Waals surface area contributed by atoms with Gasteiger partial charge in [0, 0.05) is 12.6 Å². The van der Waals surface area contributed by atoms with E-state index >= 15 is 0 Å². The summed E-state index contributed by atoms with van der Waals surface area (Å²) in [5, 5.41) is 2.75. The molecule has 0 atom stereocenters. The summed E-state index contributed by atoms with van der Waals surface area (Å²) in [6, 6.07) is 13.1. The topological polar surface area (TPSA) is 85.9 Å². The maximum Gasteiger partial charge on any atom is 0.273 e. The van der Waals surface area contributed by atoms with E-state index in [-0.39, 0.29) is 12.5 Å². The third kappa shape index (κ3) is 3.68. The van der Waals surface area contributed by atoms with Crippen molar-refractivity contribution in [3.8, 4) is 23.3 Å². The first-order valence-corrected chi connectivity index (χ1v) is 7.89. The van der Waals surface area contributed by atoms with Crippen LogP contribution < -0.4 is 20.5 Å². The van der Waals surface area contributed by atoms with Crippen LogP contribution in [-0.2, 0) is 4.79 Å². The number of nitrogens with two attached hydrogens (primary N) is 1. The zero-order chi connectivity index (χ0) is 18.4. The second-order valence-electron chi connectivity index (χ2n) is 5.26. The van der Waals surface area contributed by atoms with Crippen LogP contribution in [0.1, 0.15) is 11.1 Å². The summed E-state index contributed by atoms with van der Waals surface area (Å²) in [5.74, 6) is 6.72. The fraction of sp³-hybridized carbons (Fsp3) is 0.100. The zero-order valence-electron chi connectivity index (χ0n) is 14.2. The van der Waals surface area contributed by atoms with Gasteiger partial charge in [0.05, 0.1) is 11.3 Å². The molecule has 1 aliphatic rings. The van der Waals surface area contributed by atoms with Gasteiger partial charge in [-0.1, -0.05) is 30.0 Å². The van der Waals surface area contributed by atoms with E-state index in [2.05, 4.69) is 22.2 Å². The first-order valence-electron chi connectivity index (χ1n) is 7.89. The van der Waals surface area contributed by atoms with Gasteiger partial charge in [0.25, 0.3) is 5.91 Å². The largest absolute Gasteiger partial charge is 0.452 e. The highest BCUT2D eigenvalue weighted by Gasteiger charge is 2.23. The maximum absolute atomic E-state index is 12.3. The van der Waals surface area contributed by atoms with Crippen LogP contribution in [-0.4, -0.2) is 25.5 Å². The number of fused-ring (bicyclic) bond motifs is 1. The van der Waals surface area contributed by atoms with Crippen LogP contribution in [0.3, 0.4) is 0 Å². The summed E-state index contributed by atoms with van der Waals surface area (Å²) < 4.78 is 11.0. The summed E-state index contributed by atoms with van der Waals surface area (Å²) in [6.45, 7) is 0.0691. The molecule has 1 heterocycles. The van der Waals surface area contributed by atoms with Gasteiger partial charge in [-0.05, 0) is 36.5 Å². The quantitative estimate of drug-likeness (QED) is 0.659. The lowest BCUT2D eigenvalue weighted by Crippen LogP contribution is -2.21. The Hall–Kier alpha value is -3.72. The summed E-state index contributed by atoms with van der Waals surface area (Å²) in [5.41, 5.74) is 7.60. The molecule has 130 valence electrons. The molecule has 0 saturated heterocycles. The van der Waals surface area contributed by atoms with Crippen molar-refractivity contribution in [3.05, 3.63) is 65.9 Å². The third-order valence-electron chi connectivity index (χ3n) is 3.61. The van der Waals surface area contributed by atoms with Crippen LogP contribution in [0, 0.1) is 11.8 Å². The number of ether oxygens (including phenoxy) is 2. The molecule has 2 aromatic rings. The SMILES string of the molecule is CN=C(/C=C\N)C(=O)Nc1ccc(C#Cc2ccccc2)c2c1OCO2. The predicted octanol–water partition coefficient (Wildman–Crippen LogP) is 2.30. The highest BCUT2D eigenvalue weighted by atomic mass is 16.7. The average molecular weight is 347 g/mol. The Balaban J connectivity index is 1.89. The Kier molecular flexibility index (Phi) is 5.20. The van der Waals surface area contributed by atoms with Gasteiger partial charge >= 0.3 is 0 Å². The highest BCUT2D eigenvalue weighted by Crippen LogP contribution is 2.41. The monoisotopic (exact) mass is 347 g/mol. The van der Waals surface area contributed by atoms with E-state index in [1.54, 1.807) is 12.1 Å². The van der Waals surface area contributed by atoms with E-state index in [1.165, 1.54) is 19.3 Å². The molecule has 0 saturated carbocycles. The van der Waals surface area contributed by atoms with E-state index < -0.39 is 5.91 Å². The summed E-state index contributed by atoms with van der Waals surface area (Å²) in [7, 11) is 1.52. The average Bonchev–Trinajstić information content (AvgIpc) is 3.16. The lowest BCUT2D eigenvalue weighted by molar-refractivity contribution is -0.110. The molecule has 0 spiro atoms. The minimum atomic E-state index is -0.394. The molecule has 0 radical (unpaired) electrons. The number of hydrogen-bond acceptors (Lipinski definition) is 5. The van der Waals surface area contributed by atoms with Crippen molar-refractivity contribution in [2.75, 3.05) is 19.2 Å². The maximum atomic E-state index is 12.3. The molecule has 0 aliphatic carbocycles. The molecular formula is C20H17N3O3. The van der Waals surface area contributed by atoms with Crippen LogP contribution in [0.5, 0.6) is 11.5 Å². The number of carbonyl (C=O) groups excluding carboxylic acids is 1. The van der Waals surface area contributed by atoms with Crippen molar-refractivity contribution in [1.82, 2.24) is 0 Å². The molecule has 0 unspecified atom stereocenters. The number of benzene rings is 2. The lowest BCUT2D eigenvalue weighted by atomic mass is 10.1. The lowest BCUT2D eigenvalue weighted by Gasteiger charge is -2.09. The standard InChI is InChI=1S/C20H17N3O3/c1-22-17(11-12-21)20(24)23-16-10-9-15(18-19(16)26-13-25-18)8-7-14-5-3-2-4-6-14/h2-6,9-12H,13,21H2,1H3,(H,23,24)/b12-11-,22-17?. The van der Waals surface area contributed by atoms with Gasteiger partial charge in [-0.25, -0.2) is 0 Å². The minimum Gasteiger partial charge on any atom is -0.452 e. The van der Waals surface area contributed by atoms with Crippen LogP contribution in [0.25, 0.3) is 0 Å². The number of nitrogens with zero attached hydrogens (tertiary/aromatic N) is 1. The van der Waals surface area contributed by atoms with E-state index in [0.29, 0.717) is 22.7 Å². The first kappa shape index (κ1) is 17.1. The number of amides is 1. The summed E-state index contributed by atoms with van der Waals surface area (Å²) >= 11 is 0. The Morgan fingerprint density at radius 2 is 1.92 bits per heavy atom. The molecule has 3 N–H and O–H groups in total. The molecule has 6 nitrogen and oxygen atoms in total. The Morgan fingerprint density at radius 1 is 1.15 bits per heavy atom. The molecule has 1 amide bonds. The summed E-state index contributed by atoms with van der Waals surface area (Å²) in [6.07, 6.45) is 2.68. The number of aliphatic imine (C=N–C) groups is 1. The van der Waals surface area contributed by atoms with Gasteiger partial charge in [-0.15, -0.1) is 0 Å². The fourth-order valence-corrected chi connectivity index (χ4v) is 2.38. The molecule has 6 heteroatoms. The van der Waals surface area contributed by atoms with Crippen molar-refractivity contribution in [2.45, 2.75) is 0 Å². The number of rotatable bonds is 3. The van der Waals surface area contributed by atoms with Crippen LogP contribution in [0.15, 0.2) is 59.7 Å². The summed E-state index contributed by atoms with van der Waals surface area (Å²) in [4.78, 5) is 16.1. The van der Waals surface area contributed by atoms with E-state index in [0.717, 1.165) is 5.56 Å². The molecule has 1 aliphatic heterocycles. The van der Waals surface area contributed by atoms with Crippen molar-refractivity contribution < 1.29 is 14.3 Å². The number of nitrogens with one attached hydrogen (secondary N) is 1. The van der Waals surface area contributed by atoms with Crippen molar-refractivity contribution in [2.24, 2.45) is 10.7 Å². The molecular weight excluding hydrogens is 330 g/mol. The van der Waals surface area contributed by atoms with E-state index in [4.69, 9.17) is 15.2 Å². The molecule has 0 fully saturated rings. The Bertz CT molecular complexity index is 938. The van der Waals surface area contributed by atoms with Crippen LogP contribution in [0.4, 0.5) is 5.69 Å². The smallest absolute Gasteiger partial charge is 0.273 e. The van der Waals surface area contributed by atoms with Crippen molar-refractivity contribution >= 4 is 17.3 Å². The number of anilines is 1. The van der Waals surface area contributed by atoms with Gasteiger partial charge in [0.1, 0.15) is 5.71 Å². The molecule has 26 heavy (non-hydrogen) atoms. The van der Waals surface area contributed by atoms with Gasteiger partial charge in [-0.2, -0.15) is 0 Å². The van der Waals surface area contributed by atoms with Crippen LogP contribution >= 0.6 is 0 Å². The number of carbonyl (C=O) groups is 1. The first-order chi connectivity index (χ1) is 12.7. The van der Waals surface area contributed by atoms with Gasteiger partial charge in [-0.3, -0.25) is 9.79 Å². The Morgan fingerprint density at radius 3 is 2.65 bits per heavy atom. The molecule has 0 bridgehead atoms. The van der Waals surface area contributed by atoms with E-state index in [1.807, 2.05) is 30.3 Å². The molecule has 2 aromatic carbocycles.